The Labute approximate surface area is 118 Å². The molecule has 0 aliphatic rings. The summed E-state index contributed by atoms with van der Waals surface area (Å²) in [4.78, 5) is 8.43. The smallest absolute Gasteiger partial charge is 0.155 e. The highest BCUT2D eigenvalue weighted by atomic mass is 79.9. The summed E-state index contributed by atoms with van der Waals surface area (Å²) >= 11 is 3.36. The number of rotatable bonds is 4. The number of hydrogen-bond acceptors (Lipinski definition) is 5. The van der Waals surface area contributed by atoms with Crippen LogP contribution in [0, 0.1) is 6.92 Å². The molecule has 0 radical (unpaired) electrons. The van der Waals surface area contributed by atoms with Crippen molar-refractivity contribution in [2.24, 2.45) is 0 Å². The maximum absolute atomic E-state index is 5.14. The quantitative estimate of drug-likeness (QED) is 0.796. The van der Waals surface area contributed by atoms with Crippen molar-refractivity contribution in [2.75, 3.05) is 0 Å². The Balaban J connectivity index is 1.70. The summed E-state index contributed by atoms with van der Waals surface area (Å²) in [6, 6.07) is 1.92. The van der Waals surface area contributed by atoms with E-state index in [0.717, 1.165) is 27.4 Å². The summed E-state index contributed by atoms with van der Waals surface area (Å²) in [5.41, 5.74) is 2.78. The van der Waals surface area contributed by atoms with Crippen molar-refractivity contribution in [3.05, 3.63) is 46.4 Å². The van der Waals surface area contributed by atoms with Crippen LogP contribution in [0.4, 0.5) is 0 Å². The molecule has 3 heterocycles. The lowest BCUT2D eigenvalue weighted by atomic mass is 10.3. The molecule has 0 saturated heterocycles. The highest BCUT2D eigenvalue weighted by Crippen LogP contribution is 2.10. The number of aromatic nitrogens is 4. The van der Waals surface area contributed by atoms with Crippen molar-refractivity contribution in [1.29, 1.82) is 0 Å². The first kappa shape index (κ1) is 12.3. The monoisotopic (exact) mass is 321 g/mol. The zero-order valence-electron chi connectivity index (χ0n) is 10.3. The second-order valence-electron chi connectivity index (χ2n) is 4.23. The zero-order chi connectivity index (χ0) is 13.2. The molecule has 1 N–H and O–H groups in total. The molecule has 7 heteroatoms. The van der Waals surface area contributed by atoms with Crippen molar-refractivity contribution in [1.82, 2.24) is 24.8 Å². The van der Waals surface area contributed by atoms with Crippen LogP contribution >= 0.6 is 15.9 Å². The molecule has 0 atom stereocenters. The molecule has 3 aromatic heterocycles. The molecule has 0 spiro atoms. The SMILES string of the molecule is Cc1cc(CNCc2cnc3cnc(Br)cn23)on1. The average Bonchev–Trinajstić information content (AvgIpc) is 2.97. The summed E-state index contributed by atoms with van der Waals surface area (Å²) in [7, 11) is 0. The highest BCUT2D eigenvalue weighted by molar-refractivity contribution is 9.10. The molecular formula is C12H12BrN5O. The van der Waals surface area contributed by atoms with E-state index in [0.29, 0.717) is 13.1 Å². The molecule has 0 fully saturated rings. The minimum Gasteiger partial charge on any atom is -0.360 e. The summed E-state index contributed by atoms with van der Waals surface area (Å²) in [5.74, 6) is 0.828. The van der Waals surface area contributed by atoms with E-state index in [1.54, 1.807) is 6.20 Å². The maximum Gasteiger partial charge on any atom is 0.155 e. The number of hydrogen-bond donors (Lipinski definition) is 1. The van der Waals surface area contributed by atoms with Gasteiger partial charge in [0.25, 0.3) is 0 Å². The van der Waals surface area contributed by atoms with E-state index >= 15 is 0 Å². The molecule has 0 aliphatic heterocycles. The van der Waals surface area contributed by atoms with Gasteiger partial charge in [0, 0.05) is 18.8 Å². The molecule has 0 unspecified atom stereocenters. The summed E-state index contributed by atoms with van der Waals surface area (Å²) in [6.07, 6.45) is 5.47. The Hall–Kier alpha value is -1.73. The van der Waals surface area contributed by atoms with Crippen LogP contribution < -0.4 is 5.32 Å². The fourth-order valence-electron chi connectivity index (χ4n) is 1.86. The van der Waals surface area contributed by atoms with Gasteiger partial charge < -0.3 is 9.84 Å². The molecule has 19 heavy (non-hydrogen) atoms. The fraction of sp³-hybridized carbons (Fsp3) is 0.250. The van der Waals surface area contributed by atoms with E-state index in [9.17, 15) is 0 Å². The minimum atomic E-state index is 0.639. The maximum atomic E-state index is 5.14. The van der Waals surface area contributed by atoms with Crippen LogP contribution in [0.25, 0.3) is 5.65 Å². The van der Waals surface area contributed by atoms with Crippen LogP contribution in [0.2, 0.25) is 0 Å². The number of nitrogens with one attached hydrogen (secondary N) is 1. The molecule has 3 aromatic rings. The average molecular weight is 322 g/mol. The first-order valence-electron chi connectivity index (χ1n) is 5.83. The number of fused-ring (bicyclic) bond motifs is 1. The normalized spacial score (nSPS) is 11.3. The second kappa shape index (κ2) is 5.10. The third kappa shape index (κ3) is 2.66. The van der Waals surface area contributed by atoms with Gasteiger partial charge in [-0.3, -0.25) is 4.40 Å². The lowest BCUT2D eigenvalue weighted by Crippen LogP contribution is -2.13. The molecule has 3 rings (SSSR count). The van der Waals surface area contributed by atoms with Crippen LogP contribution in [0.15, 0.2) is 33.8 Å². The van der Waals surface area contributed by atoms with Gasteiger partial charge in [0.1, 0.15) is 4.60 Å². The van der Waals surface area contributed by atoms with E-state index in [4.69, 9.17) is 4.52 Å². The molecular weight excluding hydrogens is 310 g/mol. The number of aryl methyl sites for hydroxylation is 1. The van der Waals surface area contributed by atoms with Gasteiger partial charge in [0.2, 0.25) is 0 Å². The Morgan fingerprint density at radius 1 is 1.32 bits per heavy atom. The molecule has 98 valence electrons. The first-order chi connectivity index (χ1) is 9.22. The standard InChI is InChI=1S/C12H12BrN5O/c1-8-2-10(19-17-8)5-14-3-9-4-16-12-6-15-11(13)7-18(9)12/h2,4,6-7,14H,3,5H2,1H3. The van der Waals surface area contributed by atoms with Crippen molar-refractivity contribution >= 4 is 21.6 Å². The Bertz CT molecular complexity index is 705. The lowest BCUT2D eigenvalue weighted by Gasteiger charge is -2.03. The third-order valence-corrected chi connectivity index (χ3v) is 3.13. The zero-order valence-corrected chi connectivity index (χ0v) is 11.9. The Morgan fingerprint density at radius 2 is 2.21 bits per heavy atom. The second-order valence-corrected chi connectivity index (χ2v) is 5.04. The lowest BCUT2D eigenvalue weighted by molar-refractivity contribution is 0.369. The molecule has 0 bridgehead atoms. The highest BCUT2D eigenvalue weighted by Gasteiger charge is 2.05. The predicted octanol–water partition coefficient (Wildman–Crippen LogP) is 2.08. The van der Waals surface area contributed by atoms with Gasteiger partial charge in [-0.1, -0.05) is 5.16 Å². The van der Waals surface area contributed by atoms with Crippen molar-refractivity contribution in [3.63, 3.8) is 0 Å². The molecule has 6 nitrogen and oxygen atoms in total. The Kier molecular flexibility index (Phi) is 3.31. The van der Waals surface area contributed by atoms with Gasteiger partial charge >= 0.3 is 0 Å². The third-order valence-electron chi connectivity index (χ3n) is 2.72. The van der Waals surface area contributed by atoms with Gasteiger partial charge in [-0.05, 0) is 22.9 Å². The predicted molar refractivity (Wildman–Crippen MR) is 72.5 cm³/mol. The number of nitrogens with zero attached hydrogens (tertiary/aromatic N) is 4. The fourth-order valence-corrected chi connectivity index (χ4v) is 2.17. The van der Waals surface area contributed by atoms with E-state index in [2.05, 4.69) is 36.4 Å². The topological polar surface area (TPSA) is 68.2 Å². The van der Waals surface area contributed by atoms with Crippen LogP contribution in [0.3, 0.4) is 0 Å². The van der Waals surface area contributed by atoms with Crippen molar-refractivity contribution in [3.8, 4) is 0 Å². The minimum absolute atomic E-state index is 0.639. The molecule has 0 aromatic carbocycles. The molecule has 0 aliphatic carbocycles. The van der Waals surface area contributed by atoms with Crippen LogP contribution in [-0.2, 0) is 13.1 Å². The van der Waals surface area contributed by atoms with Gasteiger partial charge in [-0.2, -0.15) is 0 Å². The van der Waals surface area contributed by atoms with Crippen molar-refractivity contribution in [2.45, 2.75) is 20.0 Å². The Morgan fingerprint density at radius 3 is 3.00 bits per heavy atom. The summed E-state index contributed by atoms with van der Waals surface area (Å²) < 4.78 is 7.92. The molecule has 0 saturated carbocycles. The number of imidazole rings is 1. The van der Waals surface area contributed by atoms with Crippen LogP contribution in [0.5, 0.6) is 0 Å². The largest absolute Gasteiger partial charge is 0.360 e. The van der Waals surface area contributed by atoms with Gasteiger partial charge in [-0.15, -0.1) is 0 Å². The van der Waals surface area contributed by atoms with Gasteiger partial charge in [0.15, 0.2) is 11.4 Å². The van der Waals surface area contributed by atoms with Gasteiger partial charge in [-0.25, -0.2) is 9.97 Å². The van der Waals surface area contributed by atoms with E-state index in [-0.39, 0.29) is 0 Å². The van der Waals surface area contributed by atoms with Crippen LogP contribution in [0.1, 0.15) is 17.1 Å². The van der Waals surface area contributed by atoms with Gasteiger partial charge in [0.05, 0.1) is 30.3 Å². The number of halogens is 1. The first-order valence-corrected chi connectivity index (χ1v) is 6.62. The van der Waals surface area contributed by atoms with Crippen molar-refractivity contribution < 1.29 is 4.52 Å². The van der Waals surface area contributed by atoms with E-state index < -0.39 is 0 Å². The molecule has 0 amide bonds. The summed E-state index contributed by atoms with van der Waals surface area (Å²) in [6.45, 7) is 3.24. The van der Waals surface area contributed by atoms with Crippen LogP contribution in [-0.4, -0.2) is 19.5 Å². The summed E-state index contributed by atoms with van der Waals surface area (Å²) in [5, 5.41) is 7.15. The van der Waals surface area contributed by atoms with E-state index in [1.165, 1.54) is 0 Å². The van der Waals surface area contributed by atoms with E-state index in [1.807, 2.05) is 29.8 Å².